The second-order valence-corrected chi connectivity index (χ2v) is 7.70. The van der Waals surface area contributed by atoms with Gasteiger partial charge in [-0.25, -0.2) is 5.43 Å². The topological polar surface area (TPSA) is 69.2 Å². The first-order chi connectivity index (χ1) is 12.6. The molecule has 0 radical (unpaired) electrons. The molecule has 4 aliphatic carbocycles. The summed E-state index contributed by atoms with van der Waals surface area (Å²) < 4.78 is 15.9. The third kappa shape index (κ3) is 2.91. The highest BCUT2D eigenvalue weighted by atomic mass is 16.5. The molecular weight excluding hydrogens is 332 g/mol. The van der Waals surface area contributed by atoms with Crippen LogP contribution in [0.5, 0.6) is 17.2 Å². The maximum atomic E-state index is 12.6. The molecule has 6 heteroatoms. The van der Waals surface area contributed by atoms with E-state index in [0.717, 1.165) is 11.8 Å². The third-order valence-corrected chi connectivity index (χ3v) is 6.19. The molecule has 0 saturated heterocycles. The van der Waals surface area contributed by atoms with Crippen LogP contribution >= 0.6 is 0 Å². The molecule has 5 rings (SSSR count). The summed E-state index contributed by atoms with van der Waals surface area (Å²) in [5.74, 6) is 4.01. The molecule has 0 aromatic heterocycles. The highest BCUT2D eigenvalue weighted by molar-refractivity contribution is 5.97. The number of hydrogen-bond donors (Lipinski definition) is 1. The number of benzene rings is 1. The quantitative estimate of drug-likeness (QED) is 0.821. The number of nitrogens with zero attached hydrogens (tertiary/aromatic N) is 1. The number of hydrogen-bond acceptors (Lipinski definition) is 5. The number of nitrogens with one attached hydrogen (secondary N) is 1. The van der Waals surface area contributed by atoms with Gasteiger partial charge in [-0.3, -0.25) is 4.79 Å². The van der Waals surface area contributed by atoms with Gasteiger partial charge in [-0.05, 0) is 67.9 Å². The predicted molar refractivity (Wildman–Crippen MR) is 98.0 cm³/mol. The molecule has 1 aromatic carbocycles. The normalized spacial score (nSPS) is 28.7. The van der Waals surface area contributed by atoms with Crippen molar-refractivity contribution >= 4 is 11.6 Å². The lowest BCUT2D eigenvalue weighted by atomic mass is 9.55. The average Bonchev–Trinajstić information content (AvgIpc) is 2.65. The molecule has 4 fully saturated rings. The van der Waals surface area contributed by atoms with E-state index >= 15 is 0 Å². The summed E-state index contributed by atoms with van der Waals surface area (Å²) in [6.07, 6.45) is 6.37. The van der Waals surface area contributed by atoms with Crippen molar-refractivity contribution in [1.29, 1.82) is 0 Å². The van der Waals surface area contributed by atoms with Gasteiger partial charge in [-0.1, -0.05) is 0 Å². The molecule has 4 saturated carbocycles. The lowest BCUT2D eigenvalue weighted by molar-refractivity contribution is 0.0941. The second-order valence-electron chi connectivity index (χ2n) is 7.70. The monoisotopic (exact) mass is 358 g/mol. The molecule has 6 nitrogen and oxygen atoms in total. The summed E-state index contributed by atoms with van der Waals surface area (Å²) in [6.45, 7) is 0. The molecule has 1 N–H and O–H groups in total. The first kappa shape index (κ1) is 17.2. The lowest BCUT2D eigenvalue weighted by Gasteiger charge is -2.50. The maximum Gasteiger partial charge on any atom is 0.271 e. The SMILES string of the molecule is COc1cc(C(=O)NN=C2C3CC4CC(C3)CC2C4)cc(OC)c1OC. The van der Waals surface area contributed by atoms with Crippen LogP contribution in [0.4, 0.5) is 0 Å². The maximum absolute atomic E-state index is 12.6. The first-order valence-electron chi connectivity index (χ1n) is 9.30. The van der Waals surface area contributed by atoms with Gasteiger partial charge in [-0.2, -0.15) is 5.10 Å². The van der Waals surface area contributed by atoms with E-state index in [4.69, 9.17) is 14.2 Å². The Labute approximate surface area is 153 Å². The molecule has 1 aromatic rings. The largest absolute Gasteiger partial charge is 0.493 e. The number of hydrazone groups is 1. The Morgan fingerprint density at radius 3 is 1.92 bits per heavy atom. The highest BCUT2D eigenvalue weighted by Crippen LogP contribution is 2.52. The fraction of sp³-hybridized carbons (Fsp3) is 0.600. The van der Waals surface area contributed by atoms with E-state index in [2.05, 4.69) is 10.5 Å². The molecular formula is C20H26N2O4. The van der Waals surface area contributed by atoms with Crippen LogP contribution in [-0.2, 0) is 0 Å². The standard InChI is InChI=1S/C20H26N2O4/c1-24-16-9-15(10-17(25-2)19(16)26-3)20(23)22-21-18-13-5-11-4-12(7-13)8-14(18)6-11/h9-14H,4-8H2,1-3H3,(H,22,23). The van der Waals surface area contributed by atoms with Gasteiger partial charge < -0.3 is 14.2 Å². The summed E-state index contributed by atoms with van der Waals surface area (Å²) in [6, 6.07) is 3.29. The molecule has 0 unspecified atom stereocenters. The minimum absolute atomic E-state index is 0.259. The van der Waals surface area contributed by atoms with E-state index in [1.165, 1.54) is 52.0 Å². The van der Waals surface area contributed by atoms with E-state index < -0.39 is 0 Å². The van der Waals surface area contributed by atoms with Crippen molar-refractivity contribution in [2.24, 2.45) is 28.8 Å². The van der Waals surface area contributed by atoms with Crippen LogP contribution in [-0.4, -0.2) is 32.9 Å². The molecule has 4 bridgehead atoms. The fourth-order valence-electron chi connectivity index (χ4n) is 5.24. The lowest BCUT2D eigenvalue weighted by Crippen LogP contribution is -2.46. The molecule has 1 amide bonds. The van der Waals surface area contributed by atoms with Gasteiger partial charge in [0.2, 0.25) is 5.75 Å². The summed E-state index contributed by atoms with van der Waals surface area (Å²) >= 11 is 0. The van der Waals surface area contributed by atoms with E-state index in [0.29, 0.717) is 34.6 Å². The highest BCUT2D eigenvalue weighted by Gasteiger charge is 2.46. The van der Waals surface area contributed by atoms with Crippen molar-refractivity contribution in [3.63, 3.8) is 0 Å². The van der Waals surface area contributed by atoms with Gasteiger partial charge in [-0.15, -0.1) is 0 Å². The second kappa shape index (κ2) is 6.82. The summed E-state index contributed by atoms with van der Waals surface area (Å²) in [5.41, 5.74) is 4.41. The summed E-state index contributed by atoms with van der Waals surface area (Å²) in [7, 11) is 4.61. The minimum Gasteiger partial charge on any atom is -0.493 e. The van der Waals surface area contributed by atoms with Crippen molar-refractivity contribution in [3.05, 3.63) is 17.7 Å². The van der Waals surface area contributed by atoms with Crippen molar-refractivity contribution in [2.45, 2.75) is 32.1 Å². The molecule has 0 atom stereocenters. The summed E-state index contributed by atoms with van der Waals surface area (Å²) in [5, 5.41) is 4.56. The zero-order valence-electron chi connectivity index (χ0n) is 15.6. The Hall–Kier alpha value is -2.24. The van der Waals surface area contributed by atoms with Crippen molar-refractivity contribution < 1.29 is 19.0 Å². The predicted octanol–water partition coefficient (Wildman–Crippen LogP) is 3.25. The van der Waals surface area contributed by atoms with Gasteiger partial charge in [0.25, 0.3) is 5.91 Å². The van der Waals surface area contributed by atoms with Crippen LogP contribution < -0.4 is 19.6 Å². The van der Waals surface area contributed by atoms with Gasteiger partial charge >= 0.3 is 0 Å². The van der Waals surface area contributed by atoms with Crippen LogP contribution in [0.3, 0.4) is 0 Å². The van der Waals surface area contributed by atoms with Gasteiger partial charge in [0.05, 0.1) is 21.3 Å². The Morgan fingerprint density at radius 2 is 1.46 bits per heavy atom. The Balaban J connectivity index is 1.53. The summed E-state index contributed by atoms with van der Waals surface area (Å²) in [4.78, 5) is 12.6. The number of carbonyl (C=O) groups is 1. The Bertz CT molecular complexity index is 688. The molecule has 140 valence electrons. The van der Waals surface area contributed by atoms with E-state index in [-0.39, 0.29) is 5.91 Å². The average molecular weight is 358 g/mol. The van der Waals surface area contributed by atoms with Gasteiger partial charge in [0.1, 0.15) is 0 Å². The smallest absolute Gasteiger partial charge is 0.271 e. The molecule has 0 spiro atoms. The van der Waals surface area contributed by atoms with Crippen molar-refractivity contribution in [1.82, 2.24) is 5.43 Å². The number of ether oxygens (including phenoxy) is 3. The molecule has 0 aliphatic heterocycles. The van der Waals surface area contributed by atoms with E-state index in [1.54, 1.807) is 19.2 Å². The van der Waals surface area contributed by atoms with Crippen LogP contribution in [0.25, 0.3) is 0 Å². The van der Waals surface area contributed by atoms with Gasteiger partial charge in [0, 0.05) is 11.3 Å². The van der Waals surface area contributed by atoms with Crippen molar-refractivity contribution in [3.8, 4) is 17.2 Å². The molecule has 26 heavy (non-hydrogen) atoms. The Morgan fingerprint density at radius 1 is 0.923 bits per heavy atom. The number of rotatable bonds is 5. The number of amides is 1. The van der Waals surface area contributed by atoms with E-state index in [9.17, 15) is 4.79 Å². The van der Waals surface area contributed by atoms with Gasteiger partial charge in [0.15, 0.2) is 11.5 Å². The fourth-order valence-corrected chi connectivity index (χ4v) is 5.24. The number of methoxy groups -OCH3 is 3. The van der Waals surface area contributed by atoms with E-state index in [1.807, 2.05) is 0 Å². The zero-order chi connectivity index (χ0) is 18.3. The molecule has 0 heterocycles. The first-order valence-corrected chi connectivity index (χ1v) is 9.30. The zero-order valence-corrected chi connectivity index (χ0v) is 15.6. The Kier molecular flexibility index (Phi) is 4.51. The third-order valence-electron chi connectivity index (χ3n) is 6.19. The minimum atomic E-state index is -0.259. The number of carbonyl (C=O) groups excluding carboxylic acids is 1. The van der Waals surface area contributed by atoms with Crippen LogP contribution in [0.15, 0.2) is 17.2 Å². The van der Waals surface area contributed by atoms with Crippen molar-refractivity contribution in [2.75, 3.05) is 21.3 Å². The molecule has 4 aliphatic rings. The van der Waals surface area contributed by atoms with Crippen LogP contribution in [0, 0.1) is 23.7 Å². The van der Waals surface area contributed by atoms with Crippen LogP contribution in [0.1, 0.15) is 42.5 Å². The van der Waals surface area contributed by atoms with Crippen LogP contribution in [0.2, 0.25) is 0 Å².